The maximum atomic E-state index is 12.7. The van der Waals surface area contributed by atoms with E-state index < -0.39 is 5.92 Å². The molecule has 1 fully saturated rings. The van der Waals surface area contributed by atoms with Crippen molar-refractivity contribution in [3.63, 3.8) is 0 Å². The number of nitrogens with zero attached hydrogens (tertiary/aromatic N) is 3. The average molecular weight is 473 g/mol. The lowest BCUT2D eigenvalue weighted by Gasteiger charge is -2.17. The molecule has 1 N–H and O–H groups in total. The van der Waals surface area contributed by atoms with Crippen LogP contribution in [0.2, 0.25) is 5.02 Å². The molecule has 0 radical (unpaired) electrons. The lowest BCUT2D eigenvalue weighted by molar-refractivity contribution is -0.122. The Balaban J connectivity index is 1.31. The van der Waals surface area contributed by atoms with E-state index in [4.69, 9.17) is 21.1 Å². The van der Waals surface area contributed by atoms with E-state index in [1.807, 2.05) is 31.2 Å². The minimum absolute atomic E-state index is 0.0939. The third-order valence-electron chi connectivity index (χ3n) is 4.83. The molecule has 8 nitrogen and oxygen atoms in total. The molecule has 2 amide bonds. The van der Waals surface area contributed by atoms with Crippen LogP contribution >= 0.6 is 22.9 Å². The van der Waals surface area contributed by atoms with Gasteiger partial charge in [-0.2, -0.15) is 0 Å². The summed E-state index contributed by atoms with van der Waals surface area (Å²) < 4.78 is 11.1. The molecule has 0 bridgehead atoms. The molecule has 1 aliphatic rings. The van der Waals surface area contributed by atoms with Gasteiger partial charge in [0, 0.05) is 23.7 Å². The zero-order chi connectivity index (χ0) is 22.5. The molecule has 2 aromatic carbocycles. The Hall–Kier alpha value is -3.17. The van der Waals surface area contributed by atoms with Gasteiger partial charge in [0.15, 0.2) is 5.01 Å². The first-order valence-corrected chi connectivity index (χ1v) is 11.3. The average Bonchev–Trinajstić information content (AvgIpc) is 3.40. The number of ether oxygens (including phenoxy) is 2. The first kappa shape index (κ1) is 22.0. The van der Waals surface area contributed by atoms with Crippen molar-refractivity contribution in [2.24, 2.45) is 5.92 Å². The number of rotatable bonds is 8. The van der Waals surface area contributed by atoms with E-state index in [-0.39, 0.29) is 24.8 Å². The summed E-state index contributed by atoms with van der Waals surface area (Å²) in [6.07, 6.45) is 0.143. The van der Waals surface area contributed by atoms with Gasteiger partial charge in [-0.05, 0) is 55.5 Å². The number of carbonyl (C=O) groups is 2. The summed E-state index contributed by atoms with van der Waals surface area (Å²) in [5, 5.41) is 12.4. The highest BCUT2D eigenvalue weighted by molar-refractivity contribution is 7.15. The van der Waals surface area contributed by atoms with Gasteiger partial charge in [0.1, 0.15) is 18.1 Å². The van der Waals surface area contributed by atoms with Crippen LogP contribution in [0, 0.1) is 5.92 Å². The number of hydrogen-bond acceptors (Lipinski definition) is 7. The molecule has 3 aromatic rings. The van der Waals surface area contributed by atoms with Crippen molar-refractivity contribution in [2.75, 3.05) is 23.4 Å². The van der Waals surface area contributed by atoms with Crippen LogP contribution in [-0.2, 0) is 16.2 Å². The molecule has 4 rings (SSSR count). The Morgan fingerprint density at radius 2 is 1.81 bits per heavy atom. The van der Waals surface area contributed by atoms with E-state index in [1.165, 1.54) is 11.3 Å². The third kappa shape index (κ3) is 5.35. The van der Waals surface area contributed by atoms with Crippen LogP contribution < -0.4 is 19.7 Å². The Morgan fingerprint density at radius 1 is 1.12 bits per heavy atom. The van der Waals surface area contributed by atoms with E-state index in [1.54, 1.807) is 29.2 Å². The summed E-state index contributed by atoms with van der Waals surface area (Å²) in [4.78, 5) is 26.8. The monoisotopic (exact) mass is 472 g/mol. The number of carbonyl (C=O) groups excluding carboxylic acids is 2. The van der Waals surface area contributed by atoms with Gasteiger partial charge in [-0.15, -0.1) is 10.2 Å². The largest absolute Gasteiger partial charge is 0.494 e. The van der Waals surface area contributed by atoms with Crippen LogP contribution in [0.5, 0.6) is 11.5 Å². The number of hydrogen-bond donors (Lipinski definition) is 1. The fourth-order valence-electron chi connectivity index (χ4n) is 3.27. The number of benzene rings is 2. The van der Waals surface area contributed by atoms with E-state index in [0.29, 0.717) is 34.1 Å². The van der Waals surface area contributed by atoms with Crippen LogP contribution in [0.3, 0.4) is 0 Å². The number of aromatic nitrogens is 2. The van der Waals surface area contributed by atoms with Crippen molar-refractivity contribution >= 4 is 45.6 Å². The normalized spacial score (nSPS) is 15.6. The van der Waals surface area contributed by atoms with E-state index in [2.05, 4.69) is 15.5 Å². The van der Waals surface area contributed by atoms with Crippen LogP contribution in [0.15, 0.2) is 48.5 Å². The summed E-state index contributed by atoms with van der Waals surface area (Å²) in [5.74, 6) is 0.585. The molecular formula is C22H21ClN4O4S. The molecule has 10 heteroatoms. The molecule has 32 heavy (non-hydrogen) atoms. The van der Waals surface area contributed by atoms with Gasteiger partial charge in [0.05, 0.1) is 12.5 Å². The molecule has 0 aliphatic carbocycles. The van der Waals surface area contributed by atoms with Gasteiger partial charge < -0.3 is 19.7 Å². The van der Waals surface area contributed by atoms with Crippen LogP contribution in [0.4, 0.5) is 10.8 Å². The lowest BCUT2D eigenvalue weighted by atomic mass is 10.1. The Morgan fingerprint density at radius 3 is 2.53 bits per heavy atom. The highest BCUT2D eigenvalue weighted by Gasteiger charge is 2.35. The fourth-order valence-corrected chi connectivity index (χ4v) is 4.05. The second kappa shape index (κ2) is 9.97. The van der Waals surface area contributed by atoms with Gasteiger partial charge in [0.25, 0.3) is 0 Å². The number of anilines is 2. The number of nitrogens with one attached hydrogen (secondary N) is 1. The SMILES string of the molecule is CCOc1ccc(N2C[C@H](C(=O)Nc3nnc(COc4ccc(Cl)cc4)s3)CC2=O)cc1. The van der Waals surface area contributed by atoms with Crippen molar-refractivity contribution < 1.29 is 19.1 Å². The minimum Gasteiger partial charge on any atom is -0.494 e. The van der Waals surface area contributed by atoms with Gasteiger partial charge >= 0.3 is 0 Å². The summed E-state index contributed by atoms with van der Waals surface area (Å²) in [7, 11) is 0. The Labute approximate surface area is 194 Å². The highest BCUT2D eigenvalue weighted by atomic mass is 35.5. The first-order chi connectivity index (χ1) is 15.5. The molecule has 166 valence electrons. The van der Waals surface area contributed by atoms with Crippen LogP contribution in [0.25, 0.3) is 0 Å². The van der Waals surface area contributed by atoms with Crippen molar-refractivity contribution in [3.8, 4) is 11.5 Å². The quantitative estimate of drug-likeness (QED) is 0.529. The zero-order valence-electron chi connectivity index (χ0n) is 17.3. The molecule has 0 unspecified atom stereocenters. The maximum Gasteiger partial charge on any atom is 0.231 e. The molecule has 0 spiro atoms. The molecule has 1 aromatic heterocycles. The second-order valence-electron chi connectivity index (χ2n) is 7.07. The topological polar surface area (TPSA) is 93.7 Å². The minimum atomic E-state index is -0.466. The first-order valence-electron chi connectivity index (χ1n) is 10.1. The number of halogens is 1. The fraction of sp³-hybridized carbons (Fsp3) is 0.273. The predicted molar refractivity (Wildman–Crippen MR) is 122 cm³/mol. The second-order valence-corrected chi connectivity index (χ2v) is 8.56. The molecule has 1 atom stereocenters. The van der Waals surface area contributed by atoms with Gasteiger partial charge in [-0.1, -0.05) is 22.9 Å². The molecule has 0 saturated carbocycles. The Kier molecular flexibility index (Phi) is 6.87. The summed E-state index contributed by atoms with van der Waals surface area (Å²) in [5.41, 5.74) is 0.742. The van der Waals surface area contributed by atoms with Crippen molar-refractivity contribution in [1.82, 2.24) is 10.2 Å². The zero-order valence-corrected chi connectivity index (χ0v) is 18.9. The van der Waals surface area contributed by atoms with Gasteiger partial charge in [-0.25, -0.2) is 0 Å². The maximum absolute atomic E-state index is 12.7. The molecule has 1 aliphatic heterocycles. The van der Waals surface area contributed by atoms with Crippen molar-refractivity contribution in [2.45, 2.75) is 20.0 Å². The van der Waals surface area contributed by atoms with Crippen LogP contribution in [-0.4, -0.2) is 35.2 Å². The van der Waals surface area contributed by atoms with Crippen LogP contribution in [0.1, 0.15) is 18.4 Å². The predicted octanol–water partition coefficient (Wildman–Crippen LogP) is 4.16. The summed E-state index contributed by atoms with van der Waals surface area (Å²) >= 11 is 7.09. The molecule has 2 heterocycles. The van der Waals surface area contributed by atoms with Gasteiger partial charge in [-0.3, -0.25) is 9.59 Å². The van der Waals surface area contributed by atoms with Crippen molar-refractivity contribution in [1.29, 1.82) is 0 Å². The highest BCUT2D eigenvalue weighted by Crippen LogP contribution is 2.28. The summed E-state index contributed by atoms with van der Waals surface area (Å²) in [6.45, 7) is 3.02. The van der Waals surface area contributed by atoms with Crippen molar-refractivity contribution in [3.05, 3.63) is 58.6 Å². The summed E-state index contributed by atoms with van der Waals surface area (Å²) in [6, 6.07) is 14.3. The standard InChI is InChI=1S/C22H21ClN4O4S/c1-2-30-17-9-5-16(6-10-17)27-12-14(11-20(27)28)21(29)24-22-26-25-19(32-22)13-31-18-7-3-15(23)4-8-18/h3-10,14H,2,11-13H2,1H3,(H,24,26,29)/t14-/m1/s1. The molecular weight excluding hydrogens is 452 g/mol. The molecule has 1 saturated heterocycles. The third-order valence-corrected chi connectivity index (χ3v) is 5.89. The smallest absolute Gasteiger partial charge is 0.231 e. The van der Waals surface area contributed by atoms with E-state index in [0.717, 1.165) is 11.4 Å². The lowest BCUT2D eigenvalue weighted by Crippen LogP contribution is -2.28. The van der Waals surface area contributed by atoms with E-state index >= 15 is 0 Å². The van der Waals surface area contributed by atoms with E-state index in [9.17, 15) is 9.59 Å². The van der Waals surface area contributed by atoms with Gasteiger partial charge in [0.2, 0.25) is 16.9 Å². The Bertz CT molecular complexity index is 1090. The number of amides is 2.